The molecule has 0 radical (unpaired) electrons. The molecule has 2 rings (SSSR count). The lowest BCUT2D eigenvalue weighted by Crippen LogP contribution is -2.35. The largest absolute Gasteiger partial charge is 0.467 e. The molecule has 2 N–H and O–H groups in total. The Bertz CT molecular complexity index is 992. The summed E-state index contributed by atoms with van der Waals surface area (Å²) < 4.78 is 36.3. The van der Waals surface area contributed by atoms with Gasteiger partial charge in [0.1, 0.15) is 10.7 Å². The van der Waals surface area contributed by atoms with Gasteiger partial charge in [0.05, 0.1) is 19.8 Å². The van der Waals surface area contributed by atoms with Gasteiger partial charge in [0, 0.05) is 0 Å². The molecule has 0 aliphatic heterocycles. The van der Waals surface area contributed by atoms with Crippen molar-refractivity contribution >= 4 is 28.0 Å². The highest BCUT2D eigenvalue weighted by molar-refractivity contribution is 7.90. The Balaban J connectivity index is 2.29. The van der Waals surface area contributed by atoms with Crippen LogP contribution < -0.4 is 14.8 Å². The van der Waals surface area contributed by atoms with Crippen LogP contribution in [0.1, 0.15) is 21.7 Å². The van der Waals surface area contributed by atoms with E-state index in [1.165, 1.54) is 19.2 Å². The van der Waals surface area contributed by atoms with E-state index in [9.17, 15) is 18.0 Å². The van der Waals surface area contributed by atoms with Gasteiger partial charge in [0.2, 0.25) is 5.95 Å². The second kappa shape index (κ2) is 7.95. The maximum atomic E-state index is 12.6. The molecule has 0 aliphatic carbocycles. The van der Waals surface area contributed by atoms with E-state index in [2.05, 4.69) is 25.0 Å². The fraction of sp³-hybridized carbons (Fsp3) is 0.267. The van der Waals surface area contributed by atoms with Gasteiger partial charge in [0.15, 0.2) is 0 Å². The molecule has 1 heterocycles. The van der Waals surface area contributed by atoms with Crippen LogP contribution in [0.2, 0.25) is 0 Å². The predicted octanol–water partition coefficient (Wildman–Crippen LogP) is 0.794. The Kier molecular flexibility index (Phi) is 5.90. The number of carbonyl (C=O) groups excluding carboxylic acids is 2. The molecule has 0 saturated heterocycles. The molecule has 0 spiro atoms. The monoisotopic (exact) mass is 395 g/mol. The summed E-state index contributed by atoms with van der Waals surface area (Å²) in [6.45, 7) is 3.18. The van der Waals surface area contributed by atoms with E-state index < -0.39 is 26.9 Å². The van der Waals surface area contributed by atoms with E-state index in [1.54, 1.807) is 24.6 Å². The van der Waals surface area contributed by atoms with Crippen LogP contribution in [-0.4, -0.2) is 49.6 Å². The Morgan fingerprint density at radius 1 is 1.07 bits per heavy atom. The second-order valence-corrected chi connectivity index (χ2v) is 6.89. The third-order valence-corrected chi connectivity index (χ3v) is 4.56. The minimum Gasteiger partial charge on any atom is -0.467 e. The third kappa shape index (κ3) is 4.88. The van der Waals surface area contributed by atoms with Gasteiger partial charge in [-0.15, -0.1) is 0 Å². The molecule has 1 aromatic carbocycles. The minimum atomic E-state index is -4.38. The summed E-state index contributed by atoms with van der Waals surface area (Å²) in [6.07, 6.45) is 0. The molecule has 27 heavy (non-hydrogen) atoms. The van der Waals surface area contributed by atoms with Crippen LogP contribution in [0.4, 0.5) is 10.7 Å². The van der Waals surface area contributed by atoms with E-state index >= 15 is 0 Å². The average molecular weight is 395 g/mol. The lowest BCUT2D eigenvalue weighted by atomic mass is 10.1. The van der Waals surface area contributed by atoms with Crippen LogP contribution in [0.15, 0.2) is 23.1 Å². The summed E-state index contributed by atoms with van der Waals surface area (Å²) in [5.41, 5.74) is 0.363. The van der Waals surface area contributed by atoms with Crippen LogP contribution in [0.25, 0.3) is 0 Å². The van der Waals surface area contributed by atoms with Gasteiger partial charge in [0.25, 0.3) is 10.0 Å². The number of aromatic nitrogens is 3. The lowest BCUT2D eigenvalue weighted by molar-refractivity contribution is 0.0596. The Hall–Kier alpha value is -3.28. The summed E-state index contributed by atoms with van der Waals surface area (Å²) in [6, 6.07) is 2.92. The number of ether oxygens (including phenoxy) is 2. The van der Waals surface area contributed by atoms with Gasteiger partial charge in [-0.2, -0.15) is 15.0 Å². The van der Waals surface area contributed by atoms with Crippen LogP contribution in [0.5, 0.6) is 6.01 Å². The number of hydrogen-bond acceptors (Lipinski definition) is 9. The SMILES string of the molecule is COC(=O)c1ccc(C)cc1S(=O)(=O)NC(=O)Nc1nc(C)nc(OC)n1. The zero-order chi connectivity index (χ0) is 20.2. The Morgan fingerprint density at radius 2 is 1.78 bits per heavy atom. The quantitative estimate of drug-likeness (QED) is 0.701. The van der Waals surface area contributed by atoms with E-state index in [4.69, 9.17) is 4.74 Å². The fourth-order valence-electron chi connectivity index (χ4n) is 2.04. The number of nitrogens with one attached hydrogen (secondary N) is 2. The van der Waals surface area contributed by atoms with Crippen molar-refractivity contribution in [1.82, 2.24) is 19.7 Å². The number of amides is 2. The average Bonchev–Trinajstić information content (AvgIpc) is 2.59. The van der Waals surface area contributed by atoms with Crippen LogP contribution >= 0.6 is 0 Å². The van der Waals surface area contributed by atoms with Crippen molar-refractivity contribution in [3.8, 4) is 6.01 Å². The van der Waals surface area contributed by atoms with E-state index in [0.717, 1.165) is 7.11 Å². The van der Waals surface area contributed by atoms with E-state index in [1.807, 2.05) is 0 Å². The molecule has 0 bridgehead atoms. The van der Waals surface area contributed by atoms with Gasteiger partial charge in [-0.05, 0) is 31.5 Å². The Labute approximate surface area is 155 Å². The molecule has 2 aromatic rings. The summed E-state index contributed by atoms with van der Waals surface area (Å²) in [4.78, 5) is 35.0. The standard InChI is InChI=1S/C15H17N5O6S/c1-8-5-6-10(12(21)25-3)11(7-8)27(23,24)20-14(22)18-13-16-9(2)17-15(19-13)26-4/h5-7H,1-4H3,(H2,16,17,18,19,20,22). The molecule has 0 aliphatic rings. The van der Waals surface area contributed by atoms with Crippen LogP contribution in [-0.2, 0) is 14.8 Å². The Morgan fingerprint density at radius 3 is 2.41 bits per heavy atom. The first-order chi connectivity index (χ1) is 12.7. The lowest BCUT2D eigenvalue weighted by Gasteiger charge is -2.12. The molecule has 0 saturated carbocycles. The van der Waals surface area contributed by atoms with Crippen molar-refractivity contribution in [3.05, 3.63) is 35.2 Å². The van der Waals surface area contributed by atoms with Crippen LogP contribution in [0.3, 0.4) is 0 Å². The van der Waals surface area contributed by atoms with Gasteiger partial charge < -0.3 is 9.47 Å². The number of benzene rings is 1. The second-order valence-electron chi connectivity index (χ2n) is 5.24. The zero-order valence-electron chi connectivity index (χ0n) is 14.9. The van der Waals surface area contributed by atoms with Crippen molar-refractivity contribution in [2.75, 3.05) is 19.5 Å². The minimum absolute atomic E-state index is 0.0488. The first-order valence-electron chi connectivity index (χ1n) is 7.45. The molecule has 11 nitrogen and oxygen atoms in total. The fourth-order valence-corrected chi connectivity index (χ4v) is 3.23. The number of rotatable bonds is 5. The molecule has 1 aromatic heterocycles. The molecule has 0 fully saturated rings. The number of aryl methyl sites for hydroxylation is 2. The van der Waals surface area contributed by atoms with Gasteiger partial charge in [-0.3, -0.25) is 5.32 Å². The van der Waals surface area contributed by atoms with Crippen molar-refractivity contribution in [2.24, 2.45) is 0 Å². The number of sulfonamides is 1. The first-order valence-corrected chi connectivity index (χ1v) is 8.94. The summed E-state index contributed by atoms with van der Waals surface area (Å²) in [5.74, 6) is -0.801. The summed E-state index contributed by atoms with van der Waals surface area (Å²) in [7, 11) is -1.93. The first kappa shape index (κ1) is 20.0. The summed E-state index contributed by atoms with van der Waals surface area (Å²) in [5, 5.41) is 2.17. The molecule has 2 amide bonds. The number of esters is 1. The molecular weight excluding hydrogens is 378 g/mol. The van der Waals surface area contributed by atoms with Crippen molar-refractivity contribution in [1.29, 1.82) is 0 Å². The van der Waals surface area contributed by atoms with Gasteiger partial charge in [-0.1, -0.05) is 6.07 Å². The normalized spacial score (nSPS) is 10.8. The predicted molar refractivity (Wildman–Crippen MR) is 93.0 cm³/mol. The van der Waals surface area contributed by atoms with E-state index in [0.29, 0.717) is 5.56 Å². The molecule has 144 valence electrons. The zero-order valence-corrected chi connectivity index (χ0v) is 15.7. The summed E-state index contributed by atoms with van der Waals surface area (Å²) >= 11 is 0. The van der Waals surface area contributed by atoms with E-state index in [-0.39, 0.29) is 23.3 Å². The number of nitrogens with zero attached hydrogens (tertiary/aromatic N) is 3. The highest BCUT2D eigenvalue weighted by Gasteiger charge is 2.25. The van der Waals surface area contributed by atoms with Crippen molar-refractivity contribution in [3.63, 3.8) is 0 Å². The van der Waals surface area contributed by atoms with Gasteiger partial charge in [-0.25, -0.2) is 22.7 Å². The highest BCUT2D eigenvalue weighted by atomic mass is 32.2. The van der Waals surface area contributed by atoms with Gasteiger partial charge >= 0.3 is 18.0 Å². The molecule has 0 unspecified atom stereocenters. The van der Waals surface area contributed by atoms with Crippen molar-refractivity contribution < 1.29 is 27.5 Å². The maximum absolute atomic E-state index is 12.6. The molecule has 12 heteroatoms. The molecular formula is C15H17N5O6S. The number of urea groups is 1. The smallest absolute Gasteiger partial charge is 0.339 e. The molecule has 0 atom stereocenters. The number of hydrogen-bond donors (Lipinski definition) is 2. The third-order valence-electron chi connectivity index (χ3n) is 3.19. The number of anilines is 1. The number of methoxy groups -OCH3 is 2. The number of carbonyl (C=O) groups is 2. The topological polar surface area (TPSA) is 149 Å². The highest BCUT2D eigenvalue weighted by Crippen LogP contribution is 2.19. The van der Waals surface area contributed by atoms with Crippen molar-refractivity contribution in [2.45, 2.75) is 18.7 Å². The maximum Gasteiger partial charge on any atom is 0.339 e. The van der Waals surface area contributed by atoms with Crippen LogP contribution in [0, 0.1) is 13.8 Å².